The van der Waals surface area contributed by atoms with Gasteiger partial charge in [0.15, 0.2) is 0 Å². The second kappa shape index (κ2) is 13.3. The molecule has 0 bridgehead atoms. The standard InChI is InChI=1S/C31H34FN3OS/c1-3-35(4-2)31(36)29-23-37-30(33-29)22-34(21-24-15-17-27(32)18-16-24)20-19-28(25-11-7-5-8-12-25)26-13-9-6-10-14-26/h5-18,23,28H,3-4,19-22H2,1-2H3. The zero-order valence-electron chi connectivity index (χ0n) is 21.5. The summed E-state index contributed by atoms with van der Waals surface area (Å²) in [4.78, 5) is 21.6. The average molecular weight is 516 g/mol. The van der Waals surface area contributed by atoms with Gasteiger partial charge >= 0.3 is 0 Å². The van der Waals surface area contributed by atoms with Crippen LogP contribution in [0.2, 0.25) is 0 Å². The monoisotopic (exact) mass is 515 g/mol. The number of aromatic nitrogens is 1. The molecule has 192 valence electrons. The molecular weight excluding hydrogens is 481 g/mol. The molecule has 1 aromatic heterocycles. The molecule has 0 N–H and O–H groups in total. The lowest BCUT2D eigenvalue weighted by Gasteiger charge is -2.25. The molecule has 6 heteroatoms. The molecule has 0 saturated carbocycles. The summed E-state index contributed by atoms with van der Waals surface area (Å²) in [5.41, 5.74) is 4.14. The Bertz CT molecular complexity index is 1200. The molecule has 4 rings (SSSR count). The molecule has 0 aliphatic heterocycles. The number of amides is 1. The molecule has 0 spiro atoms. The molecular formula is C31H34FN3OS. The fourth-order valence-corrected chi connectivity index (χ4v) is 5.43. The van der Waals surface area contributed by atoms with Gasteiger partial charge in [-0.1, -0.05) is 72.8 Å². The highest BCUT2D eigenvalue weighted by molar-refractivity contribution is 7.09. The Balaban J connectivity index is 1.54. The van der Waals surface area contributed by atoms with Gasteiger partial charge in [0.2, 0.25) is 0 Å². The predicted octanol–water partition coefficient (Wildman–Crippen LogP) is 6.99. The first-order valence-electron chi connectivity index (χ1n) is 12.9. The Morgan fingerprint density at radius 1 is 0.865 bits per heavy atom. The fourth-order valence-electron chi connectivity index (χ4n) is 4.62. The van der Waals surface area contributed by atoms with E-state index in [0.717, 1.165) is 23.5 Å². The second-order valence-corrected chi connectivity index (χ2v) is 10.0. The molecule has 1 amide bonds. The highest BCUT2D eigenvalue weighted by Crippen LogP contribution is 2.29. The zero-order valence-corrected chi connectivity index (χ0v) is 22.3. The maximum absolute atomic E-state index is 13.5. The van der Waals surface area contributed by atoms with Crippen molar-refractivity contribution in [1.82, 2.24) is 14.8 Å². The van der Waals surface area contributed by atoms with E-state index >= 15 is 0 Å². The fraction of sp³-hybridized carbons (Fsp3) is 0.290. The van der Waals surface area contributed by atoms with E-state index in [1.54, 1.807) is 4.90 Å². The van der Waals surface area contributed by atoms with Crippen LogP contribution in [0.1, 0.15) is 58.4 Å². The number of nitrogens with zero attached hydrogens (tertiary/aromatic N) is 3. The number of halogens is 1. The average Bonchev–Trinajstić information content (AvgIpc) is 3.40. The van der Waals surface area contributed by atoms with Crippen molar-refractivity contribution in [3.05, 3.63) is 124 Å². The lowest BCUT2D eigenvalue weighted by molar-refractivity contribution is 0.0767. The van der Waals surface area contributed by atoms with E-state index in [1.165, 1.54) is 34.6 Å². The maximum Gasteiger partial charge on any atom is 0.273 e. The lowest BCUT2D eigenvalue weighted by atomic mass is 9.88. The van der Waals surface area contributed by atoms with Gasteiger partial charge in [-0.15, -0.1) is 11.3 Å². The van der Waals surface area contributed by atoms with Crippen LogP contribution in [0, 0.1) is 5.82 Å². The van der Waals surface area contributed by atoms with E-state index in [0.29, 0.717) is 31.9 Å². The Labute approximate surface area is 223 Å². The zero-order chi connectivity index (χ0) is 26.0. The summed E-state index contributed by atoms with van der Waals surface area (Å²) in [5, 5.41) is 2.77. The minimum Gasteiger partial charge on any atom is -0.338 e. The van der Waals surface area contributed by atoms with Gasteiger partial charge in [0.25, 0.3) is 5.91 Å². The smallest absolute Gasteiger partial charge is 0.273 e. The molecule has 0 radical (unpaired) electrons. The van der Waals surface area contributed by atoms with Crippen LogP contribution in [0.25, 0.3) is 0 Å². The van der Waals surface area contributed by atoms with Crippen molar-refractivity contribution < 1.29 is 9.18 Å². The molecule has 0 atom stereocenters. The molecule has 0 aliphatic rings. The third-order valence-electron chi connectivity index (χ3n) is 6.64. The van der Waals surface area contributed by atoms with Gasteiger partial charge in [0, 0.05) is 30.9 Å². The number of carbonyl (C=O) groups is 1. The lowest BCUT2D eigenvalue weighted by Crippen LogP contribution is -2.30. The van der Waals surface area contributed by atoms with Crippen molar-refractivity contribution in [3.8, 4) is 0 Å². The second-order valence-electron chi connectivity index (χ2n) is 9.10. The first-order chi connectivity index (χ1) is 18.1. The van der Waals surface area contributed by atoms with E-state index in [2.05, 4.69) is 53.4 Å². The van der Waals surface area contributed by atoms with Gasteiger partial charge in [-0.25, -0.2) is 9.37 Å². The molecule has 0 aliphatic carbocycles. The number of rotatable bonds is 12. The van der Waals surface area contributed by atoms with Crippen LogP contribution in [-0.2, 0) is 13.1 Å². The van der Waals surface area contributed by atoms with Crippen molar-refractivity contribution in [3.63, 3.8) is 0 Å². The van der Waals surface area contributed by atoms with Crippen LogP contribution in [0.4, 0.5) is 4.39 Å². The van der Waals surface area contributed by atoms with Crippen molar-refractivity contribution in [2.24, 2.45) is 0 Å². The van der Waals surface area contributed by atoms with Gasteiger partial charge in [-0.2, -0.15) is 0 Å². The molecule has 1 heterocycles. The topological polar surface area (TPSA) is 36.4 Å². The van der Waals surface area contributed by atoms with Gasteiger partial charge in [-0.05, 0) is 55.6 Å². The van der Waals surface area contributed by atoms with Crippen molar-refractivity contribution >= 4 is 17.2 Å². The Morgan fingerprint density at radius 3 is 2.03 bits per heavy atom. The van der Waals surface area contributed by atoms with Crippen LogP contribution >= 0.6 is 11.3 Å². The van der Waals surface area contributed by atoms with Gasteiger partial charge in [-0.3, -0.25) is 9.69 Å². The van der Waals surface area contributed by atoms with Crippen LogP contribution in [0.5, 0.6) is 0 Å². The summed E-state index contributed by atoms with van der Waals surface area (Å²) in [6, 6.07) is 27.9. The van der Waals surface area contributed by atoms with E-state index < -0.39 is 0 Å². The summed E-state index contributed by atoms with van der Waals surface area (Å²) < 4.78 is 13.5. The number of thiazole rings is 1. The van der Waals surface area contributed by atoms with E-state index in [4.69, 9.17) is 4.98 Å². The van der Waals surface area contributed by atoms with Crippen LogP contribution in [-0.4, -0.2) is 40.3 Å². The Morgan fingerprint density at radius 2 is 1.46 bits per heavy atom. The van der Waals surface area contributed by atoms with E-state index in [9.17, 15) is 9.18 Å². The van der Waals surface area contributed by atoms with E-state index in [-0.39, 0.29) is 17.6 Å². The van der Waals surface area contributed by atoms with E-state index in [1.807, 2.05) is 43.5 Å². The SMILES string of the molecule is CCN(CC)C(=O)c1csc(CN(CCC(c2ccccc2)c2ccccc2)Cc2ccc(F)cc2)n1. The molecule has 3 aromatic carbocycles. The van der Waals surface area contributed by atoms with Gasteiger partial charge in [0.05, 0.1) is 6.54 Å². The molecule has 4 aromatic rings. The summed E-state index contributed by atoms with van der Waals surface area (Å²) >= 11 is 1.52. The van der Waals surface area contributed by atoms with Gasteiger partial charge in [0.1, 0.15) is 16.5 Å². The number of carbonyl (C=O) groups excluding carboxylic acids is 1. The predicted molar refractivity (Wildman–Crippen MR) is 149 cm³/mol. The van der Waals surface area contributed by atoms with Crippen molar-refractivity contribution in [2.45, 2.75) is 39.3 Å². The Hall–Kier alpha value is -3.35. The molecule has 0 fully saturated rings. The molecule has 0 unspecified atom stereocenters. The van der Waals surface area contributed by atoms with Crippen LogP contribution in [0.15, 0.2) is 90.3 Å². The quantitative estimate of drug-likeness (QED) is 0.204. The minimum absolute atomic E-state index is 0.0224. The van der Waals surface area contributed by atoms with Crippen molar-refractivity contribution in [2.75, 3.05) is 19.6 Å². The maximum atomic E-state index is 13.5. The molecule has 37 heavy (non-hydrogen) atoms. The molecule has 4 nitrogen and oxygen atoms in total. The normalized spacial score (nSPS) is 11.3. The van der Waals surface area contributed by atoms with Gasteiger partial charge < -0.3 is 4.90 Å². The number of benzene rings is 3. The summed E-state index contributed by atoms with van der Waals surface area (Å²) in [6.45, 7) is 7.42. The summed E-state index contributed by atoms with van der Waals surface area (Å²) in [7, 11) is 0. The first kappa shape index (κ1) is 26.7. The van der Waals surface area contributed by atoms with Crippen LogP contribution in [0.3, 0.4) is 0 Å². The third kappa shape index (κ3) is 7.34. The largest absolute Gasteiger partial charge is 0.338 e. The number of hydrogen-bond acceptors (Lipinski definition) is 4. The van der Waals surface area contributed by atoms with Crippen molar-refractivity contribution in [1.29, 1.82) is 0 Å². The van der Waals surface area contributed by atoms with Crippen LogP contribution < -0.4 is 0 Å². The summed E-state index contributed by atoms with van der Waals surface area (Å²) in [6.07, 6.45) is 0.922. The first-order valence-corrected chi connectivity index (χ1v) is 13.8. The Kier molecular flexibility index (Phi) is 9.58. The summed E-state index contributed by atoms with van der Waals surface area (Å²) in [5.74, 6) is 0.00280. The highest BCUT2D eigenvalue weighted by atomic mass is 32.1. The third-order valence-corrected chi connectivity index (χ3v) is 7.47. The minimum atomic E-state index is -0.233. The molecule has 0 saturated heterocycles. The number of hydrogen-bond donors (Lipinski definition) is 0. The highest BCUT2D eigenvalue weighted by Gasteiger charge is 2.20.